The van der Waals surface area contributed by atoms with E-state index < -0.39 is 19.8 Å². The molecule has 0 aliphatic rings. The van der Waals surface area contributed by atoms with Crippen LogP contribution >= 0.6 is 46.3 Å². The molecule has 0 aliphatic heterocycles. The van der Waals surface area contributed by atoms with E-state index in [-0.39, 0.29) is 6.61 Å². The number of carbonyl (C=O) groups excluding carboxylic acids is 1. The fourth-order valence-electron chi connectivity index (χ4n) is 3.31. The number of hydrogen-bond donors (Lipinski definition) is 1. The second kappa shape index (κ2) is 11.6. The molecule has 0 spiro atoms. The number of hydrogen-bond acceptors (Lipinski definition) is 5. The van der Waals surface area contributed by atoms with Crippen LogP contribution < -0.4 is 14.1 Å². The van der Waals surface area contributed by atoms with E-state index in [1.807, 2.05) is 78.9 Å². The van der Waals surface area contributed by atoms with E-state index in [1.54, 1.807) is 19.1 Å². The molecule has 9 heteroatoms. The lowest BCUT2D eigenvalue weighted by atomic mass is 10.1. The summed E-state index contributed by atoms with van der Waals surface area (Å²) in [6.45, 7) is 1.66. The quantitative estimate of drug-likeness (QED) is 0.113. The van der Waals surface area contributed by atoms with E-state index in [1.165, 1.54) is 0 Å². The summed E-state index contributed by atoms with van der Waals surface area (Å²) in [5.41, 5.74) is 0.849. The SMILES string of the molecule is C[C@H](NP(=O)(Oc1c(Br)cccc1I)Oc1cccc2ccccc12)C(=O)OCc1ccccc1. The van der Waals surface area contributed by atoms with Crippen LogP contribution in [0.5, 0.6) is 11.5 Å². The van der Waals surface area contributed by atoms with Crippen molar-refractivity contribution in [3.05, 3.63) is 105 Å². The number of ether oxygens (including phenoxy) is 1. The molecule has 0 bridgehead atoms. The smallest absolute Gasteiger partial charge is 0.460 e. The minimum Gasteiger partial charge on any atom is -0.460 e. The average Bonchev–Trinajstić information content (AvgIpc) is 2.86. The molecule has 0 heterocycles. The molecule has 4 aromatic carbocycles. The molecule has 0 saturated heterocycles. The van der Waals surface area contributed by atoms with Gasteiger partial charge in [-0.3, -0.25) is 4.79 Å². The van der Waals surface area contributed by atoms with Gasteiger partial charge in [0.1, 0.15) is 18.4 Å². The van der Waals surface area contributed by atoms with Gasteiger partial charge in [0.05, 0.1) is 8.04 Å². The van der Waals surface area contributed by atoms with Crippen LogP contribution in [-0.4, -0.2) is 12.0 Å². The van der Waals surface area contributed by atoms with E-state index in [2.05, 4.69) is 43.6 Å². The first kappa shape index (κ1) is 25.7. The number of nitrogens with one attached hydrogen (secondary N) is 1. The minimum atomic E-state index is -4.11. The van der Waals surface area contributed by atoms with Gasteiger partial charge < -0.3 is 13.8 Å². The molecule has 2 atom stereocenters. The zero-order valence-electron chi connectivity index (χ0n) is 18.7. The molecule has 1 unspecified atom stereocenters. The van der Waals surface area contributed by atoms with Crippen molar-refractivity contribution in [2.24, 2.45) is 0 Å². The Bertz CT molecular complexity index is 1360. The molecule has 4 aromatic rings. The van der Waals surface area contributed by atoms with Gasteiger partial charge in [-0.1, -0.05) is 72.8 Å². The van der Waals surface area contributed by atoms with Gasteiger partial charge in [-0.2, -0.15) is 5.09 Å². The third-order valence-corrected chi connectivity index (χ3v) is 8.07. The van der Waals surface area contributed by atoms with Crippen LogP contribution in [0.2, 0.25) is 0 Å². The summed E-state index contributed by atoms with van der Waals surface area (Å²) in [6, 6.07) is 26.8. The summed E-state index contributed by atoms with van der Waals surface area (Å²) in [4.78, 5) is 12.7. The molecule has 0 aliphatic carbocycles. The third-order valence-electron chi connectivity index (χ3n) is 5.03. The lowest BCUT2D eigenvalue weighted by molar-refractivity contribution is -0.146. The van der Waals surface area contributed by atoms with Gasteiger partial charge in [-0.05, 0) is 74.6 Å². The number of para-hydroxylation sites is 1. The highest BCUT2D eigenvalue weighted by molar-refractivity contribution is 14.1. The average molecular weight is 666 g/mol. The number of carbonyl (C=O) groups is 1. The minimum absolute atomic E-state index is 0.100. The summed E-state index contributed by atoms with van der Waals surface area (Å²) in [5, 5.41) is 4.44. The molecule has 0 saturated carbocycles. The summed E-state index contributed by atoms with van der Waals surface area (Å²) < 4.78 is 32.8. The largest absolute Gasteiger partial charge is 0.513 e. The lowest BCUT2D eigenvalue weighted by Gasteiger charge is -2.24. The number of halogens is 2. The van der Waals surface area contributed by atoms with Crippen LogP contribution in [0, 0.1) is 3.57 Å². The van der Waals surface area contributed by atoms with Gasteiger partial charge >= 0.3 is 13.7 Å². The molecule has 35 heavy (non-hydrogen) atoms. The zero-order valence-corrected chi connectivity index (χ0v) is 23.3. The van der Waals surface area contributed by atoms with Crippen LogP contribution in [0.1, 0.15) is 12.5 Å². The first-order valence-electron chi connectivity index (χ1n) is 10.7. The number of esters is 1. The van der Waals surface area contributed by atoms with E-state index >= 15 is 0 Å². The second-order valence-electron chi connectivity index (χ2n) is 7.65. The van der Waals surface area contributed by atoms with Gasteiger partial charge in [0.25, 0.3) is 0 Å². The van der Waals surface area contributed by atoms with Crippen molar-refractivity contribution in [1.29, 1.82) is 0 Å². The van der Waals surface area contributed by atoms with Gasteiger partial charge in [-0.15, -0.1) is 0 Å². The molecule has 0 radical (unpaired) electrons. The van der Waals surface area contributed by atoms with Crippen LogP contribution in [0.25, 0.3) is 10.8 Å². The molecular formula is C26H22BrINO5P. The van der Waals surface area contributed by atoms with E-state index in [0.717, 1.165) is 19.9 Å². The van der Waals surface area contributed by atoms with Crippen molar-refractivity contribution in [3.63, 3.8) is 0 Å². The van der Waals surface area contributed by atoms with Crippen molar-refractivity contribution in [2.75, 3.05) is 0 Å². The Morgan fingerprint density at radius 3 is 2.40 bits per heavy atom. The molecule has 180 valence electrons. The van der Waals surface area contributed by atoms with Crippen LogP contribution in [0.3, 0.4) is 0 Å². The number of rotatable bonds is 9. The van der Waals surface area contributed by atoms with E-state index in [4.69, 9.17) is 13.8 Å². The summed E-state index contributed by atoms with van der Waals surface area (Å²) in [6.07, 6.45) is 0. The molecule has 0 fully saturated rings. The van der Waals surface area contributed by atoms with E-state index in [9.17, 15) is 9.36 Å². The topological polar surface area (TPSA) is 73.9 Å². The summed E-state index contributed by atoms with van der Waals surface area (Å²) in [5.74, 6) is 0.126. The molecule has 6 nitrogen and oxygen atoms in total. The first-order valence-corrected chi connectivity index (χ1v) is 14.2. The highest BCUT2D eigenvalue weighted by Gasteiger charge is 2.35. The zero-order chi connectivity index (χ0) is 24.8. The number of benzene rings is 4. The van der Waals surface area contributed by atoms with Crippen LogP contribution in [0.15, 0.2) is 95.5 Å². The maximum atomic E-state index is 14.1. The Labute approximate surface area is 225 Å². The van der Waals surface area contributed by atoms with Crippen molar-refractivity contribution in [2.45, 2.75) is 19.6 Å². The van der Waals surface area contributed by atoms with Crippen LogP contribution in [0.4, 0.5) is 0 Å². The molecule has 0 amide bonds. The fraction of sp³-hybridized carbons (Fsp3) is 0.115. The van der Waals surface area contributed by atoms with Crippen molar-refractivity contribution in [1.82, 2.24) is 5.09 Å². The molecule has 0 aromatic heterocycles. The van der Waals surface area contributed by atoms with Crippen molar-refractivity contribution >= 4 is 63.0 Å². The van der Waals surface area contributed by atoms with Gasteiger partial charge in [-0.25, -0.2) is 4.57 Å². The Balaban J connectivity index is 1.60. The first-order chi connectivity index (χ1) is 16.8. The lowest BCUT2D eigenvalue weighted by Crippen LogP contribution is -2.35. The van der Waals surface area contributed by atoms with Crippen molar-refractivity contribution < 1.29 is 23.1 Å². The van der Waals surface area contributed by atoms with Gasteiger partial charge in [0.2, 0.25) is 0 Å². The Hall–Kier alpha value is -2.39. The van der Waals surface area contributed by atoms with Crippen LogP contribution in [-0.2, 0) is 20.7 Å². The predicted molar refractivity (Wildman–Crippen MR) is 149 cm³/mol. The monoisotopic (exact) mass is 665 g/mol. The fourth-order valence-corrected chi connectivity index (χ4v) is 6.61. The normalized spacial score (nSPS) is 13.6. The Kier molecular flexibility index (Phi) is 8.49. The van der Waals surface area contributed by atoms with E-state index in [0.29, 0.717) is 16.0 Å². The third kappa shape index (κ3) is 6.64. The maximum Gasteiger partial charge on any atom is 0.513 e. The maximum absolute atomic E-state index is 14.1. The second-order valence-corrected chi connectivity index (χ2v) is 11.3. The predicted octanol–water partition coefficient (Wildman–Crippen LogP) is 7.49. The standard InChI is InChI=1S/C26H22BrINO5P/c1-18(26(30)32-17-19-9-3-2-4-10-19)29-35(31,34-25-22(27)14-8-15-23(25)28)33-24-16-7-12-20-11-5-6-13-21(20)24/h2-16,18H,17H2,1H3,(H,29,31)/t18-,35?/m0/s1. The highest BCUT2D eigenvalue weighted by Crippen LogP contribution is 2.49. The highest BCUT2D eigenvalue weighted by atomic mass is 127. The Morgan fingerprint density at radius 2 is 1.63 bits per heavy atom. The molecular weight excluding hydrogens is 644 g/mol. The summed E-state index contributed by atoms with van der Waals surface area (Å²) >= 11 is 5.53. The molecule has 4 rings (SSSR count). The summed E-state index contributed by atoms with van der Waals surface area (Å²) in [7, 11) is -4.11. The van der Waals surface area contributed by atoms with Gasteiger partial charge in [0, 0.05) is 5.39 Å². The van der Waals surface area contributed by atoms with Gasteiger partial charge in [0.15, 0.2) is 5.75 Å². The van der Waals surface area contributed by atoms with Crippen molar-refractivity contribution in [3.8, 4) is 11.5 Å². The number of fused-ring (bicyclic) bond motifs is 1. The Morgan fingerprint density at radius 1 is 0.943 bits per heavy atom. The molecule has 1 N–H and O–H groups in total.